The fraction of sp³-hybridized carbons (Fsp3) is 0.800. The fourth-order valence-electron chi connectivity index (χ4n) is 0.312. The zero-order chi connectivity index (χ0) is 7.11. The van der Waals surface area contributed by atoms with E-state index in [0.717, 1.165) is 0 Å². The van der Waals surface area contributed by atoms with Gasteiger partial charge in [-0.25, -0.2) is 0 Å². The molecule has 0 spiro atoms. The van der Waals surface area contributed by atoms with E-state index in [9.17, 15) is 4.79 Å². The number of carbonyl (C=O) groups is 1. The monoisotopic (exact) mass is 196 g/mol. The van der Waals surface area contributed by atoms with E-state index in [1.165, 1.54) is 7.11 Å². The lowest BCUT2D eigenvalue weighted by atomic mass is 10.5. The number of hydrogen-bond donors (Lipinski definition) is 0. The van der Waals surface area contributed by atoms with E-state index in [2.05, 4.69) is 20.7 Å². The van der Waals surface area contributed by atoms with Crippen LogP contribution >= 0.6 is 15.9 Å². The number of esters is 1. The van der Waals surface area contributed by atoms with E-state index in [-0.39, 0.29) is 5.97 Å². The molecule has 0 amide bonds. The summed E-state index contributed by atoms with van der Waals surface area (Å²) < 4.78 is 9.18. The summed E-state index contributed by atoms with van der Waals surface area (Å²) in [6, 6.07) is 0. The number of alkyl halides is 1. The number of halogens is 1. The molecular weight excluding hydrogens is 188 g/mol. The van der Waals surface area contributed by atoms with Crippen molar-refractivity contribution in [1.29, 1.82) is 0 Å². The molecule has 3 nitrogen and oxygen atoms in total. The van der Waals surface area contributed by atoms with Crippen LogP contribution in [0.3, 0.4) is 0 Å². The van der Waals surface area contributed by atoms with Crippen LogP contribution in [0.2, 0.25) is 0 Å². The van der Waals surface area contributed by atoms with Crippen molar-refractivity contribution in [3.63, 3.8) is 0 Å². The lowest BCUT2D eigenvalue weighted by Crippen LogP contribution is -2.04. The molecule has 0 unspecified atom stereocenters. The number of methoxy groups -OCH3 is 1. The summed E-state index contributed by atoms with van der Waals surface area (Å²) in [6.45, 7) is 0.415. The van der Waals surface area contributed by atoms with E-state index < -0.39 is 0 Å². The Morgan fingerprint density at radius 1 is 1.67 bits per heavy atom. The van der Waals surface area contributed by atoms with E-state index in [4.69, 9.17) is 4.74 Å². The summed E-state index contributed by atoms with van der Waals surface area (Å²) in [7, 11) is 1.36. The molecule has 0 atom stereocenters. The molecule has 0 rings (SSSR count). The summed E-state index contributed by atoms with van der Waals surface area (Å²) in [6.07, 6.45) is 0.322. The van der Waals surface area contributed by atoms with Crippen LogP contribution in [0.5, 0.6) is 0 Å². The van der Waals surface area contributed by atoms with Crippen LogP contribution in [0.4, 0.5) is 0 Å². The molecule has 54 valence electrons. The van der Waals surface area contributed by atoms with Crippen LogP contribution in [-0.2, 0) is 14.3 Å². The Bertz CT molecular complexity index is 84.3. The van der Waals surface area contributed by atoms with Crippen molar-refractivity contribution < 1.29 is 14.3 Å². The second kappa shape index (κ2) is 6.04. The van der Waals surface area contributed by atoms with Crippen molar-refractivity contribution in [1.82, 2.24) is 0 Å². The highest BCUT2D eigenvalue weighted by molar-refractivity contribution is 9.09. The van der Waals surface area contributed by atoms with Crippen LogP contribution in [-0.4, -0.2) is 25.2 Å². The first kappa shape index (κ1) is 8.91. The van der Waals surface area contributed by atoms with Crippen molar-refractivity contribution >= 4 is 21.9 Å². The molecule has 0 aromatic rings. The van der Waals surface area contributed by atoms with Gasteiger partial charge in [-0.2, -0.15) is 0 Å². The molecular formula is C5H9BrO3. The smallest absolute Gasteiger partial charge is 0.307 e. The minimum absolute atomic E-state index is 0.240. The van der Waals surface area contributed by atoms with E-state index in [1.54, 1.807) is 0 Å². The molecule has 0 fully saturated rings. The van der Waals surface area contributed by atoms with Gasteiger partial charge < -0.3 is 9.47 Å². The van der Waals surface area contributed by atoms with Gasteiger partial charge in [0.2, 0.25) is 0 Å². The van der Waals surface area contributed by atoms with Crippen molar-refractivity contribution in [2.45, 2.75) is 6.42 Å². The van der Waals surface area contributed by atoms with Gasteiger partial charge in [0.15, 0.2) is 0 Å². The van der Waals surface area contributed by atoms with Crippen LogP contribution < -0.4 is 0 Å². The third kappa shape index (κ3) is 5.79. The average Bonchev–Trinajstić information content (AvgIpc) is 1.89. The summed E-state index contributed by atoms with van der Waals surface area (Å²) in [5, 5.41) is 0. The highest BCUT2D eigenvalue weighted by Gasteiger charge is 1.97. The third-order valence-electron chi connectivity index (χ3n) is 0.755. The summed E-state index contributed by atoms with van der Waals surface area (Å²) in [5.41, 5.74) is 0.462. The number of ether oxygens (including phenoxy) is 2. The molecule has 0 N–H and O–H groups in total. The minimum Gasteiger partial charge on any atom is -0.469 e. The maximum absolute atomic E-state index is 10.4. The zero-order valence-corrected chi connectivity index (χ0v) is 6.81. The summed E-state index contributed by atoms with van der Waals surface area (Å²) in [4.78, 5) is 10.4. The van der Waals surface area contributed by atoms with E-state index >= 15 is 0 Å². The normalized spacial score (nSPS) is 9.11. The van der Waals surface area contributed by atoms with E-state index in [1.807, 2.05) is 0 Å². The Morgan fingerprint density at radius 2 is 2.33 bits per heavy atom. The van der Waals surface area contributed by atoms with Gasteiger partial charge in [0.25, 0.3) is 0 Å². The topological polar surface area (TPSA) is 35.5 Å². The largest absolute Gasteiger partial charge is 0.469 e. The Kier molecular flexibility index (Phi) is 5.98. The molecule has 0 heterocycles. The first-order chi connectivity index (χ1) is 4.31. The van der Waals surface area contributed by atoms with Crippen molar-refractivity contribution in [2.24, 2.45) is 0 Å². The van der Waals surface area contributed by atoms with Gasteiger partial charge in [-0.15, -0.1) is 0 Å². The predicted octanol–water partition coefficient (Wildman–Crippen LogP) is 0.918. The molecule has 0 aliphatic heterocycles. The molecule has 0 saturated carbocycles. The van der Waals surface area contributed by atoms with Crippen molar-refractivity contribution in [3.8, 4) is 0 Å². The average molecular weight is 197 g/mol. The highest BCUT2D eigenvalue weighted by atomic mass is 79.9. The van der Waals surface area contributed by atoms with Gasteiger partial charge >= 0.3 is 5.97 Å². The SMILES string of the molecule is COC(=O)CCOCBr. The molecule has 0 radical (unpaired) electrons. The van der Waals surface area contributed by atoms with Crippen LogP contribution in [0.25, 0.3) is 0 Å². The second-order valence-corrected chi connectivity index (χ2v) is 1.80. The zero-order valence-electron chi connectivity index (χ0n) is 5.22. The summed E-state index contributed by atoms with van der Waals surface area (Å²) in [5.74, 6) is -0.240. The molecule has 9 heavy (non-hydrogen) atoms. The second-order valence-electron chi connectivity index (χ2n) is 1.34. The Morgan fingerprint density at radius 3 is 2.78 bits per heavy atom. The first-order valence-corrected chi connectivity index (χ1v) is 3.64. The van der Waals surface area contributed by atoms with Crippen LogP contribution in [0.1, 0.15) is 6.42 Å². The lowest BCUT2D eigenvalue weighted by molar-refractivity contribution is -0.141. The number of rotatable bonds is 4. The van der Waals surface area contributed by atoms with Crippen molar-refractivity contribution in [2.75, 3.05) is 19.2 Å². The van der Waals surface area contributed by atoms with Gasteiger partial charge in [-0.3, -0.25) is 4.79 Å². The molecule has 0 aliphatic rings. The quantitative estimate of drug-likeness (QED) is 0.382. The Hall–Kier alpha value is -0.0900. The predicted molar refractivity (Wildman–Crippen MR) is 36.4 cm³/mol. The summed E-state index contributed by atoms with van der Waals surface area (Å²) >= 11 is 3.05. The molecule has 4 heteroatoms. The number of carbonyl (C=O) groups excluding carboxylic acids is 1. The van der Waals surface area contributed by atoms with Gasteiger partial charge in [0, 0.05) is 0 Å². The van der Waals surface area contributed by atoms with Gasteiger partial charge in [-0.05, 0) is 0 Å². The van der Waals surface area contributed by atoms with Gasteiger partial charge in [0.05, 0.1) is 20.1 Å². The fourth-order valence-corrected chi connectivity index (χ4v) is 0.541. The van der Waals surface area contributed by atoms with Gasteiger partial charge in [0.1, 0.15) is 5.52 Å². The third-order valence-corrected chi connectivity index (χ3v) is 1.08. The van der Waals surface area contributed by atoms with E-state index in [0.29, 0.717) is 18.5 Å². The maximum Gasteiger partial charge on any atom is 0.307 e. The molecule has 0 bridgehead atoms. The highest BCUT2D eigenvalue weighted by Crippen LogP contribution is 1.88. The first-order valence-electron chi connectivity index (χ1n) is 2.51. The molecule has 0 aromatic heterocycles. The standard InChI is InChI=1S/C5H9BrO3/c1-8-5(7)2-3-9-4-6/h2-4H2,1H3. The maximum atomic E-state index is 10.4. The number of hydrogen-bond acceptors (Lipinski definition) is 3. The lowest BCUT2D eigenvalue weighted by Gasteiger charge is -1.97. The van der Waals surface area contributed by atoms with Crippen LogP contribution in [0.15, 0.2) is 0 Å². The Labute approximate surface area is 62.5 Å². The van der Waals surface area contributed by atoms with Crippen molar-refractivity contribution in [3.05, 3.63) is 0 Å². The molecule has 0 aromatic carbocycles. The van der Waals surface area contributed by atoms with Crippen LogP contribution in [0, 0.1) is 0 Å². The minimum atomic E-state index is -0.240. The van der Waals surface area contributed by atoms with Gasteiger partial charge in [-0.1, -0.05) is 15.9 Å². The molecule has 0 aliphatic carbocycles. The Balaban J connectivity index is 2.97. The molecule has 0 saturated heterocycles.